The normalized spacial score (nSPS) is 13.3. The second-order valence-corrected chi connectivity index (χ2v) is 1.85. The lowest BCUT2D eigenvalue weighted by Crippen LogP contribution is -1.58. The lowest BCUT2D eigenvalue weighted by atomic mass is 10.3. The highest BCUT2D eigenvalue weighted by Crippen LogP contribution is 1.94. The van der Waals surface area contributed by atoms with Gasteiger partial charge in [-0.1, -0.05) is 33.7 Å². The number of halogens is 1. The molecule has 40 valence electrons. The van der Waals surface area contributed by atoms with Gasteiger partial charge in [-0.25, -0.2) is 0 Å². The van der Waals surface area contributed by atoms with Crippen LogP contribution in [0.1, 0.15) is 13.8 Å². The van der Waals surface area contributed by atoms with Gasteiger partial charge in [-0.15, -0.1) is 0 Å². The van der Waals surface area contributed by atoms with Crippen LogP contribution >= 0.6 is 15.9 Å². The van der Waals surface area contributed by atoms with Crippen molar-refractivity contribution in [1.82, 2.24) is 0 Å². The zero-order valence-electron chi connectivity index (χ0n) is 4.61. The third kappa shape index (κ3) is 3.80. The first-order valence-electron chi connectivity index (χ1n) is 2.21. The number of allylic oxidation sites excluding steroid dienone is 3. The molecular formula is C6H9Br. The maximum absolute atomic E-state index is 3.17. The van der Waals surface area contributed by atoms with Crippen LogP contribution in [0.25, 0.3) is 0 Å². The van der Waals surface area contributed by atoms with Crippen molar-refractivity contribution in [1.29, 1.82) is 0 Å². The molecule has 0 aromatic heterocycles. The SMILES string of the molecule is C/C=C(C)/C=C\Br. The Labute approximate surface area is 53.1 Å². The third-order valence-electron chi connectivity index (χ3n) is 0.781. The molecule has 0 radical (unpaired) electrons. The van der Waals surface area contributed by atoms with Crippen molar-refractivity contribution in [2.45, 2.75) is 13.8 Å². The summed E-state index contributed by atoms with van der Waals surface area (Å²) in [6, 6.07) is 0. The standard InChI is InChI=1S/C6H9Br/c1-3-6(2)4-5-7/h3-5H,1-2H3/b5-4-,6-3+. The molecule has 0 unspecified atom stereocenters. The summed E-state index contributed by atoms with van der Waals surface area (Å²) in [5, 5.41) is 0. The number of rotatable bonds is 1. The van der Waals surface area contributed by atoms with E-state index in [-0.39, 0.29) is 0 Å². The van der Waals surface area contributed by atoms with Gasteiger partial charge in [0.15, 0.2) is 0 Å². The van der Waals surface area contributed by atoms with E-state index in [2.05, 4.69) is 28.9 Å². The Kier molecular flexibility index (Phi) is 4.10. The molecule has 0 fully saturated rings. The summed E-state index contributed by atoms with van der Waals surface area (Å²) >= 11 is 3.17. The summed E-state index contributed by atoms with van der Waals surface area (Å²) in [4.78, 5) is 1.85. The fourth-order valence-corrected chi connectivity index (χ4v) is 0.613. The van der Waals surface area contributed by atoms with Crippen LogP contribution in [0.15, 0.2) is 22.7 Å². The van der Waals surface area contributed by atoms with Crippen molar-refractivity contribution in [3.63, 3.8) is 0 Å². The van der Waals surface area contributed by atoms with Gasteiger partial charge in [0.2, 0.25) is 0 Å². The first kappa shape index (κ1) is 6.96. The summed E-state index contributed by atoms with van der Waals surface area (Å²) in [7, 11) is 0. The molecule has 0 aromatic rings. The molecule has 0 nitrogen and oxygen atoms in total. The van der Waals surface area contributed by atoms with Crippen LogP contribution < -0.4 is 0 Å². The largest absolute Gasteiger partial charge is 0.0847 e. The molecule has 0 saturated heterocycles. The van der Waals surface area contributed by atoms with E-state index in [0.29, 0.717) is 0 Å². The van der Waals surface area contributed by atoms with Gasteiger partial charge in [-0.3, -0.25) is 0 Å². The van der Waals surface area contributed by atoms with E-state index in [0.717, 1.165) is 0 Å². The quantitative estimate of drug-likeness (QED) is 0.518. The molecule has 7 heavy (non-hydrogen) atoms. The van der Waals surface area contributed by atoms with Gasteiger partial charge >= 0.3 is 0 Å². The van der Waals surface area contributed by atoms with Gasteiger partial charge in [0.25, 0.3) is 0 Å². The van der Waals surface area contributed by atoms with Crippen LogP contribution in [-0.2, 0) is 0 Å². The lowest BCUT2D eigenvalue weighted by molar-refractivity contribution is 1.49. The van der Waals surface area contributed by atoms with Crippen molar-refractivity contribution >= 4 is 15.9 Å². The van der Waals surface area contributed by atoms with Crippen LogP contribution in [0.5, 0.6) is 0 Å². The van der Waals surface area contributed by atoms with Gasteiger partial charge in [-0.05, 0) is 18.8 Å². The highest BCUT2D eigenvalue weighted by atomic mass is 79.9. The van der Waals surface area contributed by atoms with Gasteiger partial charge in [0, 0.05) is 0 Å². The average molecular weight is 161 g/mol. The first-order chi connectivity index (χ1) is 3.31. The van der Waals surface area contributed by atoms with Crippen molar-refractivity contribution in [3.8, 4) is 0 Å². The average Bonchev–Trinajstić information content (AvgIpc) is 1.68. The molecule has 0 aliphatic rings. The smallest absolute Gasteiger partial charge is 0.0186 e. The van der Waals surface area contributed by atoms with Crippen molar-refractivity contribution in [2.75, 3.05) is 0 Å². The highest BCUT2D eigenvalue weighted by Gasteiger charge is 1.70. The number of hydrogen-bond donors (Lipinski definition) is 0. The molecule has 0 aromatic carbocycles. The van der Waals surface area contributed by atoms with Crippen molar-refractivity contribution < 1.29 is 0 Å². The Balaban J connectivity index is 3.58. The maximum atomic E-state index is 3.17. The van der Waals surface area contributed by atoms with Crippen LogP contribution in [0.4, 0.5) is 0 Å². The van der Waals surface area contributed by atoms with Crippen LogP contribution in [0, 0.1) is 0 Å². The van der Waals surface area contributed by atoms with Crippen molar-refractivity contribution in [2.24, 2.45) is 0 Å². The molecule has 0 heterocycles. The van der Waals surface area contributed by atoms with E-state index in [4.69, 9.17) is 0 Å². The molecule has 0 aliphatic carbocycles. The molecule has 0 aliphatic heterocycles. The Hall–Kier alpha value is -0.0400. The van der Waals surface area contributed by atoms with Crippen LogP contribution in [0.2, 0.25) is 0 Å². The van der Waals surface area contributed by atoms with Gasteiger partial charge in [0.1, 0.15) is 0 Å². The second-order valence-electron chi connectivity index (χ2n) is 1.33. The number of hydrogen-bond acceptors (Lipinski definition) is 0. The summed E-state index contributed by atoms with van der Waals surface area (Å²) in [5.74, 6) is 0. The van der Waals surface area contributed by atoms with Crippen LogP contribution in [0.3, 0.4) is 0 Å². The molecule has 1 heteroatoms. The minimum absolute atomic E-state index is 1.27. The van der Waals surface area contributed by atoms with Gasteiger partial charge < -0.3 is 0 Å². The first-order valence-corrected chi connectivity index (χ1v) is 3.12. The van der Waals surface area contributed by atoms with E-state index in [1.54, 1.807) is 0 Å². The Morgan fingerprint density at radius 1 is 1.57 bits per heavy atom. The molecule has 0 N–H and O–H groups in total. The summed E-state index contributed by atoms with van der Waals surface area (Å²) in [6.07, 6.45) is 4.05. The zero-order chi connectivity index (χ0) is 5.70. The van der Waals surface area contributed by atoms with E-state index < -0.39 is 0 Å². The summed E-state index contributed by atoms with van der Waals surface area (Å²) in [6.45, 7) is 4.07. The monoisotopic (exact) mass is 160 g/mol. The summed E-state index contributed by atoms with van der Waals surface area (Å²) < 4.78 is 0. The van der Waals surface area contributed by atoms with Crippen LogP contribution in [-0.4, -0.2) is 0 Å². The Bertz CT molecular complexity index is 90.4. The predicted octanol–water partition coefficient (Wildman–Crippen LogP) is 2.86. The Morgan fingerprint density at radius 3 is 2.29 bits per heavy atom. The van der Waals surface area contributed by atoms with Gasteiger partial charge in [-0.2, -0.15) is 0 Å². The molecule has 0 saturated carbocycles. The minimum Gasteiger partial charge on any atom is -0.0847 e. The second kappa shape index (κ2) is 4.13. The van der Waals surface area contributed by atoms with E-state index in [9.17, 15) is 0 Å². The van der Waals surface area contributed by atoms with Gasteiger partial charge in [0.05, 0.1) is 0 Å². The zero-order valence-corrected chi connectivity index (χ0v) is 6.20. The molecule has 0 atom stereocenters. The third-order valence-corrected chi connectivity index (χ3v) is 1.05. The lowest BCUT2D eigenvalue weighted by Gasteiger charge is -1.80. The highest BCUT2D eigenvalue weighted by molar-refractivity contribution is 9.11. The molecule has 0 amide bonds. The van der Waals surface area contributed by atoms with E-state index in [1.165, 1.54) is 5.57 Å². The molecule has 0 rings (SSSR count). The summed E-state index contributed by atoms with van der Waals surface area (Å²) in [5.41, 5.74) is 1.27. The van der Waals surface area contributed by atoms with E-state index >= 15 is 0 Å². The minimum atomic E-state index is 1.27. The maximum Gasteiger partial charge on any atom is -0.0186 e. The predicted molar refractivity (Wildman–Crippen MR) is 37.5 cm³/mol. The fraction of sp³-hybridized carbons (Fsp3) is 0.333. The Morgan fingerprint density at radius 2 is 2.14 bits per heavy atom. The van der Waals surface area contributed by atoms with E-state index in [1.807, 2.05) is 18.0 Å². The molecule has 0 bridgehead atoms. The fourth-order valence-electron chi connectivity index (χ4n) is 0.196. The van der Waals surface area contributed by atoms with Crippen molar-refractivity contribution in [3.05, 3.63) is 22.7 Å². The molecule has 0 spiro atoms. The molecular weight excluding hydrogens is 152 g/mol. The topological polar surface area (TPSA) is 0 Å².